The number of ether oxygens (including phenoxy) is 1. The Morgan fingerprint density at radius 3 is 2.88 bits per heavy atom. The van der Waals surface area contributed by atoms with Gasteiger partial charge in [0.2, 0.25) is 0 Å². The van der Waals surface area contributed by atoms with Crippen LogP contribution in [0.3, 0.4) is 0 Å². The van der Waals surface area contributed by atoms with Crippen molar-refractivity contribution >= 4 is 29.1 Å². The third-order valence-electron chi connectivity index (χ3n) is 2.27. The minimum absolute atomic E-state index is 0.275. The molecule has 0 heterocycles. The second-order valence-corrected chi connectivity index (χ2v) is 4.71. The van der Waals surface area contributed by atoms with Gasteiger partial charge in [0.05, 0.1) is 12.7 Å². The minimum Gasteiger partial charge on any atom is -0.465 e. The molecular formula is C12H18N2O2S. The summed E-state index contributed by atoms with van der Waals surface area (Å²) in [6, 6.07) is 5.47. The zero-order valence-electron chi connectivity index (χ0n) is 10.3. The summed E-state index contributed by atoms with van der Waals surface area (Å²) in [7, 11) is 1.36. The fraction of sp³-hybridized carbons (Fsp3) is 0.417. The van der Waals surface area contributed by atoms with E-state index in [1.165, 1.54) is 7.11 Å². The molecule has 1 aromatic carbocycles. The summed E-state index contributed by atoms with van der Waals surface area (Å²) < 4.78 is 4.73. The summed E-state index contributed by atoms with van der Waals surface area (Å²) in [6.45, 7) is 2.06. The number of nitrogen functional groups attached to an aromatic ring is 1. The Morgan fingerprint density at radius 2 is 2.29 bits per heavy atom. The molecule has 0 aliphatic rings. The van der Waals surface area contributed by atoms with E-state index in [0.29, 0.717) is 11.3 Å². The lowest BCUT2D eigenvalue weighted by atomic mass is 10.1. The normalized spacial score (nSPS) is 11.9. The maximum Gasteiger partial charge on any atom is 0.340 e. The van der Waals surface area contributed by atoms with E-state index >= 15 is 0 Å². The highest BCUT2D eigenvalue weighted by atomic mass is 32.2. The first-order valence-corrected chi connectivity index (χ1v) is 6.71. The van der Waals surface area contributed by atoms with Gasteiger partial charge in [0.15, 0.2) is 0 Å². The van der Waals surface area contributed by atoms with Gasteiger partial charge >= 0.3 is 5.97 Å². The Bertz CT molecular complexity index is 396. The summed E-state index contributed by atoms with van der Waals surface area (Å²) in [5.41, 5.74) is 7.45. The van der Waals surface area contributed by atoms with Crippen LogP contribution in [0.2, 0.25) is 0 Å². The number of thioether (sulfide) groups is 1. The van der Waals surface area contributed by atoms with Crippen LogP contribution in [-0.4, -0.2) is 31.1 Å². The number of nitrogens with two attached hydrogens (primary N) is 1. The largest absolute Gasteiger partial charge is 0.465 e. The molecule has 1 unspecified atom stereocenters. The number of benzene rings is 1. The van der Waals surface area contributed by atoms with Gasteiger partial charge in [-0.1, -0.05) is 0 Å². The molecule has 4 nitrogen and oxygen atoms in total. The Balaban J connectivity index is 2.94. The van der Waals surface area contributed by atoms with Crippen molar-refractivity contribution in [1.29, 1.82) is 0 Å². The standard InChI is InChI=1S/C12H18N2O2S/c1-8(7-17-3)14-11-5-4-9(13)6-10(11)12(15)16-2/h4-6,8,14H,7,13H2,1-3H3. The molecule has 0 radical (unpaired) electrons. The lowest BCUT2D eigenvalue weighted by molar-refractivity contribution is 0.0602. The molecule has 5 heteroatoms. The molecule has 0 aromatic heterocycles. The van der Waals surface area contributed by atoms with Gasteiger partial charge in [-0.3, -0.25) is 0 Å². The third kappa shape index (κ3) is 3.85. The minimum atomic E-state index is -0.379. The van der Waals surface area contributed by atoms with Crippen LogP contribution < -0.4 is 11.1 Å². The van der Waals surface area contributed by atoms with Crippen LogP contribution in [-0.2, 0) is 4.74 Å². The summed E-state index contributed by atoms with van der Waals surface area (Å²) in [5.74, 6) is 0.585. The molecule has 0 bridgehead atoms. The highest BCUT2D eigenvalue weighted by Crippen LogP contribution is 2.21. The molecule has 3 N–H and O–H groups in total. The topological polar surface area (TPSA) is 64.3 Å². The second-order valence-electron chi connectivity index (χ2n) is 3.80. The first kappa shape index (κ1) is 13.7. The van der Waals surface area contributed by atoms with E-state index in [1.807, 2.05) is 6.26 Å². The SMILES string of the molecule is COC(=O)c1cc(N)ccc1NC(C)CSC. The zero-order chi connectivity index (χ0) is 12.8. The quantitative estimate of drug-likeness (QED) is 0.623. The van der Waals surface area contributed by atoms with Crippen molar-refractivity contribution in [2.75, 3.05) is 30.2 Å². The van der Waals surface area contributed by atoms with Gasteiger partial charge in [-0.2, -0.15) is 11.8 Å². The number of carbonyl (C=O) groups is 1. The van der Waals surface area contributed by atoms with Gasteiger partial charge in [-0.25, -0.2) is 4.79 Å². The van der Waals surface area contributed by atoms with Crippen molar-refractivity contribution in [3.05, 3.63) is 23.8 Å². The number of hydrogen-bond donors (Lipinski definition) is 2. The predicted molar refractivity (Wildman–Crippen MR) is 73.7 cm³/mol. The highest BCUT2D eigenvalue weighted by Gasteiger charge is 2.13. The molecule has 1 rings (SSSR count). The van der Waals surface area contributed by atoms with Gasteiger partial charge in [-0.05, 0) is 31.4 Å². The molecule has 0 spiro atoms. The molecule has 17 heavy (non-hydrogen) atoms. The van der Waals surface area contributed by atoms with Crippen LogP contribution in [0.1, 0.15) is 17.3 Å². The molecule has 0 amide bonds. The van der Waals surface area contributed by atoms with Crippen molar-refractivity contribution < 1.29 is 9.53 Å². The lowest BCUT2D eigenvalue weighted by Crippen LogP contribution is -2.20. The average molecular weight is 254 g/mol. The average Bonchev–Trinajstić information content (AvgIpc) is 2.30. The first-order valence-electron chi connectivity index (χ1n) is 5.31. The van der Waals surface area contributed by atoms with Crippen LogP contribution in [0.15, 0.2) is 18.2 Å². The van der Waals surface area contributed by atoms with Crippen molar-refractivity contribution in [1.82, 2.24) is 0 Å². The third-order valence-corrected chi connectivity index (χ3v) is 3.10. The maximum absolute atomic E-state index is 11.6. The van der Waals surface area contributed by atoms with Crippen molar-refractivity contribution in [3.8, 4) is 0 Å². The summed E-state index contributed by atoms with van der Waals surface area (Å²) in [6.07, 6.45) is 2.04. The molecule has 0 fully saturated rings. The molecule has 1 aromatic rings. The Kier molecular flexibility index (Phi) is 5.15. The smallest absolute Gasteiger partial charge is 0.340 e. The fourth-order valence-electron chi connectivity index (χ4n) is 1.52. The van der Waals surface area contributed by atoms with Crippen LogP contribution in [0, 0.1) is 0 Å². The van der Waals surface area contributed by atoms with E-state index in [2.05, 4.69) is 12.2 Å². The Hall–Kier alpha value is -1.36. The van der Waals surface area contributed by atoms with Crippen molar-refractivity contribution in [3.63, 3.8) is 0 Å². The van der Waals surface area contributed by atoms with E-state index in [1.54, 1.807) is 30.0 Å². The highest BCUT2D eigenvalue weighted by molar-refractivity contribution is 7.98. The van der Waals surface area contributed by atoms with Gasteiger partial charge < -0.3 is 15.8 Å². The number of esters is 1. The van der Waals surface area contributed by atoms with Crippen molar-refractivity contribution in [2.45, 2.75) is 13.0 Å². The van der Waals surface area contributed by atoms with Crippen LogP contribution in [0.5, 0.6) is 0 Å². The number of methoxy groups -OCH3 is 1. The van der Waals surface area contributed by atoms with Crippen molar-refractivity contribution in [2.24, 2.45) is 0 Å². The number of anilines is 2. The predicted octanol–water partition coefficient (Wildman–Crippen LogP) is 2.22. The van der Waals surface area contributed by atoms with Gasteiger partial charge in [0, 0.05) is 23.2 Å². The zero-order valence-corrected chi connectivity index (χ0v) is 11.1. The Morgan fingerprint density at radius 1 is 1.59 bits per heavy atom. The van der Waals surface area contributed by atoms with E-state index in [-0.39, 0.29) is 12.0 Å². The maximum atomic E-state index is 11.6. The van der Waals surface area contributed by atoms with Gasteiger partial charge in [0.1, 0.15) is 0 Å². The number of carbonyl (C=O) groups excluding carboxylic acids is 1. The number of nitrogens with one attached hydrogen (secondary N) is 1. The summed E-state index contributed by atoms with van der Waals surface area (Å²) >= 11 is 1.75. The molecule has 0 saturated carbocycles. The van der Waals surface area contributed by atoms with Gasteiger partial charge in [0.25, 0.3) is 0 Å². The monoisotopic (exact) mass is 254 g/mol. The molecule has 94 valence electrons. The summed E-state index contributed by atoms with van der Waals surface area (Å²) in [5, 5.41) is 3.28. The number of hydrogen-bond acceptors (Lipinski definition) is 5. The lowest BCUT2D eigenvalue weighted by Gasteiger charge is -2.16. The first-order chi connectivity index (χ1) is 8.08. The molecule has 0 saturated heterocycles. The van der Waals surface area contributed by atoms with E-state index < -0.39 is 0 Å². The molecule has 0 aliphatic carbocycles. The fourth-order valence-corrected chi connectivity index (χ4v) is 2.11. The van der Waals surface area contributed by atoms with Crippen LogP contribution in [0.4, 0.5) is 11.4 Å². The van der Waals surface area contributed by atoms with E-state index in [4.69, 9.17) is 10.5 Å². The molecule has 1 atom stereocenters. The van der Waals surface area contributed by atoms with Gasteiger partial charge in [-0.15, -0.1) is 0 Å². The van der Waals surface area contributed by atoms with E-state index in [0.717, 1.165) is 11.4 Å². The summed E-state index contributed by atoms with van der Waals surface area (Å²) in [4.78, 5) is 11.6. The van der Waals surface area contributed by atoms with Crippen LogP contribution >= 0.6 is 11.8 Å². The Labute approximate surface area is 106 Å². The second kappa shape index (κ2) is 6.39. The van der Waals surface area contributed by atoms with E-state index in [9.17, 15) is 4.79 Å². The number of rotatable bonds is 5. The van der Waals surface area contributed by atoms with Crippen LogP contribution in [0.25, 0.3) is 0 Å². The molecular weight excluding hydrogens is 236 g/mol. The molecule has 0 aliphatic heterocycles.